The summed E-state index contributed by atoms with van der Waals surface area (Å²) in [5.41, 5.74) is 5.73. The van der Waals surface area contributed by atoms with Gasteiger partial charge in [-0.1, -0.05) is 0 Å². The first-order valence-corrected chi connectivity index (χ1v) is 4.53. The topological polar surface area (TPSA) is 68.5 Å². The van der Waals surface area contributed by atoms with E-state index in [1.165, 1.54) is 25.5 Å². The Hall–Kier alpha value is -0.980. The monoisotopic (exact) mass is 201 g/mol. The van der Waals surface area contributed by atoms with E-state index in [9.17, 15) is 4.79 Å². The van der Waals surface area contributed by atoms with E-state index in [1.807, 2.05) is 0 Å². The summed E-state index contributed by atoms with van der Waals surface area (Å²) in [6, 6.07) is 0. The van der Waals surface area contributed by atoms with E-state index in [0.717, 1.165) is 10.1 Å². The molecule has 0 saturated heterocycles. The fourth-order valence-corrected chi connectivity index (χ4v) is 1.40. The van der Waals surface area contributed by atoms with Crippen LogP contribution in [-0.2, 0) is 11.4 Å². The van der Waals surface area contributed by atoms with Gasteiger partial charge in [0.15, 0.2) is 0 Å². The van der Waals surface area contributed by atoms with Crippen molar-refractivity contribution in [3.63, 3.8) is 0 Å². The molecule has 0 fully saturated rings. The van der Waals surface area contributed by atoms with E-state index in [-0.39, 0.29) is 5.91 Å². The smallest absolute Gasteiger partial charge is 0.296 e. The molecule has 0 aliphatic heterocycles. The summed E-state index contributed by atoms with van der Waals surface area (Å²) in [6.45, 7) is 0.356. The SMILES string of the molecule is CON(C)C(=O)c1csc(CN)n1. The predicted octanol–water partition coefficient (Wildman–Crippen LogP) is 0.235. The van der Waals surface area contributed by atoms with Crippen LogP contribution in [0.1, 0.15) is 15.5 Å². The average molecular weight is 201 g/mol. The van der Waals surface area contributed by atoms with Gasteiger partial charge >= 0.3 is 0 Å². The Kier molecular flexibility index (Phi) is 3.35. The first-order chi connectivity index (χ1) is 6.19. The molecule has 0 aliphatic rings. The molecule has 0 bridgehead atoms. The van der Waals surface area contributed by atoms with Gasteiger partial charge in [0.1, 0.15) is 10.7 Å². The molecule has 0 aromatic carbocycles. The van der Waals surface area contributed by atoms with Gasteiger partial charge in [-0.15, -0.1) is 11.3 Å². The van der Waals surface area contributed by atoms with Gasteiger partial charge in [0, 0.05) is 19.0 Å². The lowest BCUT2D eigenvalue weighted by Gasteiger charge is -2.10. The van der Waals surface area contributed by atoms with E-state index in [4.69, 9.17) is 10.6 Å². The molecular formula is C7H11N3O2S. The summed E-state index contributed by atoms with van der Waals surface area (Å²) in [6.07, 6.45) is 0. The minimum absolute atomic E-state index is 0.265. The molecule has 0 atom stereocenters. The van der Waals surface area contributed by atoms with E-state index in [0.29, 0.717) is 12.2 Å². The number of hydroxylamine groups is 2. The molecule has 0 aliphatic carbocycles. The maximum atomic E-state index is 11.4. The van der Waals surface area contributed by atoms with Crippen LogP contribution in [0.4, 0.5) is 0 Å². The number of hydrogen-bond acceptors (Lipinski definition) is 5. The third-order valence-corrected chi connectivity index (χ3v) is 2.38. The van der Waals surface area contributed by atoms with Gasteiger partial charge in [-0.3, -0.25) is 9.63 Å². The fourth-order valence-electron chi connectivity index (χ4n) is 0.747. The Morgan fingerprint density at radius 1 is 1.85 bits per heavy atom. The van der Waals surface area contributed by atoms with Crippen LogP contribution >= 0.6 is 11.3 Å². The van der Waals surface area contributed by atoms with Crippen molar-refractivity contribution in [2.75, 3.05) is 14.2 Å². The third kappa shape index (κ3) is 2.24. The van der Waals surface area contributed by atoms with Gasteiger partial charge in [0.25, 0.3) is 5.91 Å². The van der Waals surface area contributed by atoms with Gasteiger partial charge in [-0.05, 0) is 0 Å². The van der Waals surface area contributed by atoms with Gasteiger partial charge < -0.3 is 5.73 Å². The van der Waals surface area contributed by atoms with Crippen molar-refractivity contribution >= 4 is 17.2 Å². The minimum atomic E-state index is -0.265. The second kappa shape index (κ2) is 4.31. The van der Waals surface area contributed by atoms with Crippen molar-refractivity contribution < 1.29 is 9.63 Å². The molecular weight excluding hydrogens is 190 g/mol. The maximum Gasteiger partial charge on any atom is 0.296 e. The Bertz CT molecular complexity index is 300. The standard InChI is InChI=1S/C7H11N3O2S/c1-10(12-2)7(11)5-4-13-6(3-8)9-5/h4H,3,8H2,1-2H3. The zero-order valence-electron chi connectivity index (χ0n) is 7.48. The van der Waals surface area contributed by atoms with E-state index in [1.54, 1.807) is 5.38 Å². The highest BCUT2D eigenvalue weighted by Crippen LogP contribution is 2.10. The number of thiazole rings is 1. The molecule has 0 unspecified atom stereocenters. The minimum Gasteiger partial charge on any atom is -0.325 e. The number of carbonyl (C=O) groups is 1. The lowest BCUT2D eigenvalue weighted by atomic mass is 10.4. The fraction of sp³-hybridized carbons (Fsp3) is 0.429. The number of nitrogens with zero attached hydrogens (tertiary/aromatic N) is 2. The van der Waals surface area contributed by atoms with Crippen LogP contribution in [0.3, 0.4) is 0 Å². The summed E-state index contributed by atoms with van der Waals surface area (Å²) < 4.78 is 0. The molecule has 5 nitrogen and oxygen atoms in total. The number of amides is 1. The Balaban J connectivity index is 2.77. The molecule has 1 aromatic heterocycles. The largest absolute Gasteiger partial charge is 0.325 e. The number of rotatable bonds is 3. The van der Waals surface area contributed by atoms with Gasteiger partial charge in [0.2, 0.25) is 0 Å². The van der Waals surface area contributed by atoms with Gasteiger partial charge in [0.05, 0.1) is 7.11 Å². The maximum absolute atomic E-state index is 11.4. The van der Waals surface area contributed by atoms with Crippen molar-refractivity contribution in [3.8, 4) is 0 Å². The van der Waals surface area contributed by atoms with Crippen LogP contribution < -0.4 is 5.73 Å². The van der Waals surface area contributed by atoms with Crippen molar-refractivity contribution in [2.45, 2.75) is 6.54 Å². The van der Waals surface area contributed by atoms with E-state index in [2.05, 4.69) is 4.98 Å². The first kappa shape index (κ1) is 10.1. The van der Waals surface area contributed by atoms with Crippen LogP contribution in [0.15, 0.2) is 5.38 Å². The molecule has 6 heteroatoms. The van der Waals surface area contributed by atoms with Crippen molar-refractivity contribution in [2.24, 2.45) is 5.73 Å². The second-order valence-corrected chi connectivity index (χ2v) is 3.26. The lowest BCUT2D eigenvalue weighted by molar-refractivity contribution is -0.0760. The predicted molar refractivity (Wildman–Crippen MR) is 49.1 cm³/mol. The number of carbonyl (C=O) groups excluding carboxylic acids is 1. The van der Waals surface area contributed by atoms with E-state index >= 15 is 0 Å². The molecule has 1 heterocycles. The average Bonchev–Trinajstić information content (AvgIpc) is 2.63. The normalized spacial score (nSPS) is 10.1. The summed E-state index contributed by atoms with van der Waals surface area (Å²) in [5.74, 6) is -0.265. The number of hydrogen-bond donors (Lipinski definition) is 1. The quantitative estimate of drug-likeness (QED) is 0.711. The second-order valence-electron chi connectivity index (χ2n) is 2.32. The van der Waals surface area contributed by atoms with Crippen molar-refractivity contribution in [3.05, 3.63) is 16.1 Å². The van der Waals surface area contributed by atoms with Crippen LogP contribution in [-0.4, -0.2) is 30.1 Å². The van der Waals surface area contributed by atoms with Crippen LogP contribution in [0.25, 0.3) is 0 Å². The molecule has 0 saturated carbocycles. The van der Waals surface area contributed by atoms with Crippen LogP contribution in [0.2, 0.25) is 0 Å². The summed E-state index contributed by atoms with van der Waals surface area (Å²) >= 11 is 1.37. The highest BCUT2D eigenvalue weighted by Gasteiger charge is 2.14. The first-order valence-electron chi connectivity index (χ1n) is 3.65. The van der Waals surface area contributed by atoms with Crippen LogP contribution in [0, 0.1) is 0 Å². The molecule has 0 spiro atoms. The highest BCUT2D eigenvalue weighted by molar-refractivity contribution is 7.09. The molecule has 1 aromatic rings. The molecule has 13 heavy (non-hydrogen) atoms. The Morgan fingerprint density at radius 3 is 3.00 bits per heavy atom. The van der Waals surface area contributed by atoms with Crippen molar-refractivity contribution in [1.29, 1.82) is 0 Å². The van der Waals surface area contributed by atoms with Gasteiger partial charge in [-0.25, -0.2) is 10.0 Å². The summed E-state index contributed by atoms with van der Waals surface area (Å²) in [5, 5.41) is 3.53. The molecule has 0 radical (unpaired) electrons. The van der Waals surface area contributed by atoms with Crippen LogP contribution in [0.5, 0.6) is 0 Å². The zero-order chi connectivity index (χ0) is 9.84. The molecule has 2 N–H and O–H groups in total. The zero-order valence-corrected chi connectivity index (χ0v) is 8.30. The van der Waals surface area contributed by atoms with Gasteiger partial charge in [-0.2, -0.15) is 0 Å². The number of aromatic nitrogens is 1. The summed E-state index contributed by atoms with van der Waals surface area (Å²) in [4.78, 5) is 20.2. The third-order valence-electron chi connectivity index (χ3n) is 1.51. The highest BCUT2D eigenvalue weighted by atomic mass is 32.1. The van der Waals surface area contributed by atoms with E-state index < -0.39 is 0 Å². The van der Waals surface area contributed by atoms with Crippen molar-refractivity contribution in [1.82, 2.24) is 10.0 Å². The Morgan fingerprint density at radius 2 is 2.54 bits per heavy atom. The Labute approximate surface area is 80.1 Å². The molecule has 1 rings (SSSR count). The molecule has 72 valence electrons. The molecule has 1 amide bonds. The lowest BCUT2D eigenvalue weighted by Crippen LogP contribution is -2.25. The number of nitrogens with two attached hydrogens (primary N) is 1. The summed E-state index contributed by atoms with van der Waals surface area (Å²) in [7, 11) is 2.96.